The molecule has 0 aliphatic carbocycles. The van der Waals surface area contributed by atoms with Crippen molar-refractivity contribution in [3.05, 3.63) is 0 Å². The lowest BCUT2D eigenvalue weighted by atomic mass is 11.0. The molecule has 0 fully saturated rings. The quantitative estimate of drug-likeness (QED) is 0.739. The van der Waals surface area contributed by atoms with Crippen LogP contribution in [0.2, 0.25) is 26.2 Å². The molecule has 0 spiro atoms. The van der Waals surface area contributed by atoms with E-state index in [2.05, 4.69) is 37.2 Å². The summed E-state index contributed by atoms with van der Waals surface area (Å²) in [6.45, 7) is 12.6. The maximum Gasteiger partial charge on any atom is 0.310 e. The minimum Gasteiger partial charge on any atom is -0.445 e. The summed E-state index contributed by atoms with van der Waals surface area (Å²) < 4.78 is 11.0. The number of hydrogen-bond donors (Lipinski definition) is 2. The fourth-order valence-corrected chi connectivity index (χ4v) is 6.41. The fraction of sp³-hybridized carbons (Fsp3) is 1.00. The summed E-state index contributed by atoms with van der Waals surface area (Å²) in [4.78, 5) is 0. The highest BCUT2D eigenvalue weighted by molar-refractivity contribution is 6.74. The van der Waals surface area contributed by atoms with E-state index >= 15 is 0 Å². The van der Waals surface area contributed by atoms with Gasteiger partial charge in [0.1, 0.15) is 10.5 Å². The zero-order valence-corrected chi connectivity index (χ0v) is 17.1. The van der Waals surface area contributed by atoms with Crippen LogP contribution in [0.15, 0.2) is 0 Å². The molecule has 104 valence electrons. The summed E-state index contributed by atoms with van der Waals surface area (Å²) in [6, 6.07) is 0. The van der Waals surface area contributed by atoms with E-state index in [0.717, 1.165) is 10.5 Å². The van der Waals surface area contributed by atoms with Crippen molar-refractivity contribution < 1.29 is 8.23 Å². The maximum atomic E-state index is 5.68. The Morgan fingerprint density at radius 1 is 1.12 bits per heavy atom. The van der Waals surface area contributed by atoms with Crippen molar-refractivity contribution in [2.45, 2.75) is 40.0 Å². The molecule has 4 nitrogen and oxygen atoms in total. The average molecular weight is 287 g/mol. The molecule has 0 radical (unpaired) electrons. The highest BCUT2D eigenvalue weighted by Gasteiger charge is 2.22. The van der Waals surface area contributed by atoms with E-state index in [4.69, 9.17) is 8.23 Å². The van der Waals surface area contributed by atoms with Crippen LogP contribution in [0.3, 0.4) is 0 Å². The molecular formula is C9H34N2O2Si3. The first-order chi connectivity index (χ1) is 7.39. The van der Waals surface area contributed by atoms with Gasteiger partial charge in [-0.25, -0.2) is 0 Å². The van der Waals surface area contributed by atoms with Crippen molar-refractivity contribution in [2.75, 3.05) is 21.1 Å². The van der Waals surface area contributed by atoms with Gasteiger partial charge in [-0.2, -0.15) is 0 Å². The molecular weight excluding hydrogens is 252 g/mol. The third kappa shape index (κ3) is 36.6. The molecule has 0 atom stereocenters. The van der Waals surface area contributed by atoms with E-state index in [1.165, 1.54) is 7.05 Å². The monoisotopic (exact) mass is 286 g/mol. The summed E-state index contributed by atoms with van der Waals surface area (Å²) >= 11 is 0. The number of rotatable bonds is 3. The Morgan fingerprint density at radius 2 is 1.38 bits per heavy atom. The fourth-order valence-electron chi connectivity index (χ4n) is 0.616. The van der Waals surface area contributed by atoms with Crippen LogP contribution in [-0.2, 0) is 8.23 Å². The molecule has 0 saturated carbocycles. The summed E-state index contributed by atoms with van der Waals surface area (Å²) in [5.41, 5.74) is 4.50. The van der Waals surface area contributed by atoms with Crippen LogP contribution in [-0.4, -0.2) is 49.2 Å². The van der Waals surface area contributed by atoms with E-state index in [-0.39, 0.29) is 0 Å². The summed E-state index contributed by atoms with van der Waals surface area (Å²) in [6.07, 6.45) is 0. The predicted octanol–water partition coefficient (Wildman–Crippen LogP) is 0.422. The molecule has 0 aliphatic heterocycles. The third-order valence-electron chi connectivity index (χ3n) is 1.01. The van der Waals surface area contributed by atoms with Gasteiger partial charge >= 0.3 is 8.56 Å². The Kier molecular flexibility index (Phi) is 33.0. The molecule has 0 heterocycles. The summed E-state index contributed by atoms with van der Waals surface area (Å²) in [7, 11) is 3.59. The van der Waals surface area contributed by atoms with Crippen LogP contribution >= 0.6 is 0 Å². The Labute approximate surface area is 109 Å². The first-order valence-electron chi connectivity index (χ1n) is 5.78. The van der Waals surface area contributed by atoms with E-state index in [9.17, 15) is 0 Å². The lowest BCUT2D eigenvalue weighted by Gasteiger charge is -2.23. The van der Waals surface area contributed by atoms with Crippen molar-refractivity contribution in [1.29, 1.82) is 0 Å². The average Bonchev–Trinajstić information content (AvgIpc) is 2.23. The van der Waals surface area contributed by atoms with E-state index in [1.807, 2.05) is 27.9 Å². The minimum atomic E-state index is -1.62. The second-order valence-corrected chi connectivity index (χ2v) is 10.7. The Hall–Kier alpha value is 0.491. The minimum absolute atomic E-state index is 0.812. The summed E-state index contributed by atoms with van der Waals surface area (Å²) in [5.74, 6) is 0. The normalized spacial score (nSPS) is 9.19. The lowest BCUT2D eigenvalue weighted by Crippen LogP contribution is -2.38. The van der Waals surface area contributed by atoms with Crippen LogP contribution in [0, 0.1) is 0 Å². The lowest BCUT2D eigenvalue weighted by molar-refractivity contribution is 0.429. The van der Waals surface area contributed by atoms with Crippen molar-refractivity contribution in [3.63, 3.8) is 0 Å². The van der Waals surface area contributed by atoms with Gasteiger partial charge in [-0.05, 0) is 47.3 Å². The van der Waals surface area contributed by atoms with Gasteiger partial charge in [0.15, 0.2) is 9.04 Å². The van der Waals surface area contributed by atoms with E-state index in [1.54, 1.807) is 0 Å². The van der Waals surface area contributed by atoms with Crippen molar-refractivity contribution in [2.24, 2.45) is 5.73 Å². The van der Waals surface area contributed by atoms with Gasteiger partial charge in [0, 0.05) is 0 Å². The number of nitrogens with two attached hydrogens (primary N) is 1. The molecule has 0 unspecified atom stereocenters. The Bertz CT molecular complexity index is 107. The Morgan fingerprint density at radius 3 is 1.44 bits per heavy atom. The first kappa shape index (κ1) is 25.4. The topological polar surface area (TPSA) is 56.5 Å². The van der Waals surface area contributed by atoms with Crippen LogP contribution in [0.5, 0.6) is 0 Å². The predicted molar refractivity (Wildman–Crippen MR) is 84.9 cm³/mol. The third-order valence-corrected chi connectivity index (χ3v) is 9.10. The van der Waals surface area contributed by atoms with Crippen LogP contribution in [0.25, 0.3) is 0 Å². The largest absolute Gasteiger partial charge is 0.445 e. The molecule has 16 heavy (non-hydrogen) atoms. The molecule has 0 aromatic heterocycles. The van der Waals surface area contributed by atoms with E-state index in [0.29, 0.717) is 0 Å². The second-order valence-electron chi connectivity index (χ2n) is 3.27. The molecule has 0 saturated heterocycles. The van der Waals surface area contributed by atoms with Crippen LogP contribution < -0.4 is 11.1 Å². The molecule has 0 aromatic carbocycles. The standard InChI is InChI=1S/C4H16O2Si3.C2H7N.C2H6.CH5N/c1-8(2)6-9(3,4)5-7;1-3-2;2*1-2/h8H,1-4,7H3;3H,1-2H3;1-2H3;2H2,1H3. The zero-order chi connectivity index (χ0) is 14.2. The zero-order valence-electron chi connectivity index (χ0n) is 13.0. The summed E-state index contributed by atoms with van der Waals surface area (Å²) in [5, 5.41) is 2.75. The molecule has 0 aliphatic rings. The molecule has 7 heteroatoms. The highest BCUT2D eigenvalue weighted by Crippen LogP contribution is 2.05. The van der Waals surface area contributed by atoms with Gasteiger partial charge in [0.05, 0.1) is 0 Å². The smallest absolute Gasteiger partial charge is 0.310 e. The highest BCUT2D eigenvalue weighted by atomic mass is 28.4. The molecule has 0 amide bonds. The molecule has 0 aromatic rings. The number of hydrogen-bond acceptors (Lipinski definition) is 4. The Balaban J connectivity index is -0.0000000864. The molecule has 3 N–H and O–H groups in total. The second kappa shape index (κ2) is 20.8. The molecule has 0 bridgehead atoms. The van der Waals surface area contributed by atoms with Gasteiger partial charge in [-0.3, -0.25) is 0 Å². The van der Waals surface area contributed by atoms with Gasteiger partial charge < -0.3 is 19.3 Å². The van der Waals surface area contributed by atoms with Gasteiger partial charge in [-0.15, -0.1) is 0 Å². The van der Waals surface area contributed by atoms with E-state index < -0.39 is 17.6 Å². The first-order valence-corrected chi connectivity index (χ1v) is 12.2. The maximum absolute atomic E-state index is 5.68. The van der Waals surface area contributed by atoms with Gasteiger partial charge in [0.25, 0.3) is 0 Å². The molecule has 0 rings (SSSR count). The number of nitrogens with one attached hydrogen (secondary N) is 1. The van der Waals surface area contributed by atoms with Crippen molar-refractivity contribution in [1.82, 2.24) is 5.32 Å². The van der Waals surface area contributed by atoms with Crippen LogP contribution in [0.1, 0.15) is 13.8 Å². The van der Waals surface area contributed by atoms with Crippen LogP contribution in [0.4, 0.5) is 0 Å². The van der Waals surface area contributed by atoms with Crippen molar-refractivity contribution >= 4 is 28.1 Å². The van der Waals surface area contributed by atoms with Gasteiger partial charge in [-0.1, -0.05) is 13.8 Å². The SMILES string of the molecule is CC.CN.CNC.C[SiH](C)O[Si](C)(C)O[SiH3]. The van der Waals surface area contributed by atoms with Crippen molar-refractivity contribution in [3.8, 4) is 0 Å². The van der Waals surface area contributed by atoms with Gasteiger partial charge in [0.2, 0.25) is 0 Å².